The largest absolute Gasteiger partial charge is 0.465 e. The summed E-state index contributed by atoms with van der Waals surface area (Å²) in [5.41, 5.74) is -2.18. The molecule has 1 fully saturated rings. The third-order valence-electron chi connectivity index (χ3n) is 5.27. The van der Waals surface area contributed by atoms with Crippen LogP contribution in [0.4, 0.5) is 17.6 Å². The van der Waals surface area contributed by atoms with Crippen LogP contribution in [-0.4, -0.2) is 39.1 Å². The second-order valence-electron chi connectivity index (χ2n) is 7.17. The number of aliphatic hydroxyl groups excluding tert-OH is 1. The number of aromatic nitrogens is 3. The fourth-order valence-corrected chi connectivity index (χ4v) is 4.03. The zero-order valence-electron chi connectivity index (χ0n) is 16.0. The molecule has 0 radical (unpaired) electrons. The first-order valence-electron chi connectivity index (χ1n) is 9.20. The van der Waals surface area contributed by atoms with Gasteiger partial charge in [-0.25, -0.2) is 9.18 Å². The van der Waals surface area contributed by atoms with Crippen LogP contribution in [0.1, 0.15) is 34.9 Å². The minimum absolute atomic E-state index is 0.0223. The number of H-pyrrole nitrogens is 1. The van der Waals surface area contributed by atoms with E-state index in [4.69, 9.17) is 16.3 Å². The summed E-state index contributed by atoms with van der Waals surface area (Å²) in [4.78, 5) is 15.2. The van der Waals surface area contributed by atoms with Gasteiger partial charge in [0, 0.05) is 22.9 Å². The number of aliphatic hydroxyl groups is 1. The number of carbonyl (C=O) groups is 1. The van der Waals surface area contributed by atoms with Gasteiger partial charge in [0.05, 0.1) is 41.7 Å². The van der Waals surface area contributed by atoms with Gasteiger partial charge in [-0.2, -0.15) is 18.3 Å². The van der Waals surface area contributed by atoms with Crippen LogP contribution in [0, 0.1) is 5.82 Å². The van der Waals surface area contributed by atoms with Gasteiger partial charge in [0.2, 0.25) is 0 Å². The van der Waals surface area contributed by atoms with Crippen molar-refractivity contribution < 1.29 is 32.2 Å². The van der Waals surface area contributed by atoms with Crippen molar-refractivity contribution in [2.45, 2.75) is 31.2 Å². The molecule has 11 heteroatoms. The van der Waals surface area contributed by atoms with Gasteiger partial charge < -0.3 is 14.8 Å². The molecule has 2 N–H and O–H groups in total. The summed E-state index contributed by atoms with van der Waals surface area (Å²) < 4.78 is 62.0. The van der Waals surface area contributed by atoms with Crippen LogP contribution >= 0.6 is 11.6 Å². The van der Waals surface area contributed by atoms with E-state index in [1.807, 2.05) is 0 Å². The van der Waals surface area contributed by atoms with Crippen molar-refractivity contribution in [2.75, 3.05) is 7.11 Å². The van der Waals surface area contributed by atoms with Crippen LogP contribution in [0.5, 0.6) is 0 Å². The van der Waals surface area contributed by atoms with E-state index < -0.39 is 41.4 Å². The number of ether oxygens (including phenoxy) is 1. The van der Waals surface area contributed by atoms with E-state index in [1.54, 1.807) is 0 Å². The number of hydrogen-bond acceptors (Lipinski definition) is 4. The number of methoxy groups -OCH3 is 1. The lowest BCUT2D eigenvalue weighted by atomic mass is 9.89. The van der Waals surface area contributed by atoms with E-state index in [2.05, 4.69) is 10.1 Å². The monoisotopic (exact) mass is 457 g/mol. The van der Waals surface area contributed by atoms with Crippen molar-refractivity contribution >= 4 is 17.6 Å². The lowest BCUT2D eigenvalue weighted by Crippen LogP contribution is -2.33. The van der Waals surface area contributed by atoms with E-state index in [0.29, 0.717) is 0 Å². The molecular formula is C20H16ClF4N3O3. The fourth-order valence-electron chi connectivity index (χ4n) is 3.77. The molecule has 3 aromatic rings. The number of esters is 1. The summed E-state index contributed by atoms with van der Waals surface area (Å²) in [5, 5.41) is 13.3. The van der Waals surface area contributed by atoms with E-state index in [9.17, 15) is 27.5 Å². The van der Waals surface area contributed by atoms with Crippen molar-refractivity contribution in [3.63, 3.8) is 0 Å². The Hall–Kier alpha value is -2.85. The lowest BCUT2D eigenvalue weighted by Gasteiger charge is -2.33. The molecule has 1 aliphatic rings. The van der Waals surface area contributed by atoms with Gasteiger partial charge >= 0.3 is 12.1 Å². The topological polar surface area (TPSA) is 80.1 Å². The first-order chi connectivity index (χ1) is 14.6. The highest BCUT2D eigenvalue weighted by molar-refractivity contribution is 6.33. The number of benzene rings is 1. The normalized spacial score (nSPS) is 18.7. The third kappa shape index (κ3) is 3.59. The maximum absolute atomic E-state index is 14.5. The van der Waals surface area contributed by atoms with Crippen LogP contribution in [0.3, 0.4) is 0 Å². The molecule has 4 rings (SSSR count). The average molecular weight is 458 g/mol. The molecule has 0 atom stereocenters. The van der Waals surface area contributed by atoms with Crippen molar-refractivity contribution in [1.29, 1.82) is 0 Å². The Morgan fingerprint density at radius 2 is 2.03 bits per heavy atom. The Bertz CT molecular complexity index is 1130. The van der Waals surface area contributed by atoms with Gasteiger partial charge in [0.1, 0.15) is 5.82 Å². The van der Waals surface area contributed by atoms with Gasteiger partial charge in [-0.15, -0.1) is 0 Å². The maximum atomic E-state index is 14.5. The number of nitrogens with one attached hydrogen (secondary N) is 1. The highest BCUT2D eigenvalue weighted by Crippen LogP contribution is 2.45. The standard InChI is InChI=1S/C20H16ClF4N3O3/c1-31-19(30)16-11(15-13(21)3-2-4-14(15)22)7-26-17(16)12-8-27-28(9-5-10(29)6-9)18(12)20(23,24)25/h2-4,7-10,26,29H,5-6H2,1H3. The summed E-state index contributed by atoms with van der Waals surface area (Å²) in [7, 11) is 1.07. The minimum atomic E-state index is -4.80. The molecule has 0 saturated heterocycles. The van der Waals surface area contributed by atoms with Crippen molar-refractivity contribution in [3.8, 4) is 22.4 Å². The Labute approximate surface area is 178 Å². The molecule has 0 aliphatic heterocycles. The number of nitrogens with zero attached hydrogens (tertiary/aromatic N) is 2. The van der Waals surface area contributed by atoms with Gasteiger partial charge in [-0.05, 0) is 25.0 Å². The third-order valence-corrected chi connectivity index (χ3v) is 5.58. The summed E-state index contributed by atoms with van der Waals surface area (Å²) in [6, 6.07) is 3.26. The quantitative estimate of drug-likeness (QED) is 0.434. The maximum Gasteiger partial charge on any atom is 0.433 e. The van der Waals surface area contributed by atoms with E-state index in [1.165, 1.54) is 18.3 Å². The predicted molar refractivity (Wildman–Crippen MR) is 103 cm³/mol. The molecule has 1 aliphatic carbocycles. The van der Waals surface area contributed by atoms with Gasteiger partial charge in [-0.1, -0.05) is 17.7 Å². The SMILES string of the molecule is COC(=O)c1c(-c2c(F)cccc2Cl)c[nH]c1-c1cnn(C2CC(O)C2)c1C(F)(F)F. The summed E-state index contributed by atoms with van der Waals surface area (Å²) in [5.74, 6) is -1.72. The van der Waals surface area contributed by atoms with Crippen LogP contribution < -0.4 is 0 Å². The minimum Gasteiger partial charge on any atom is -0.465 e. The summed E-state index contributed by atoms with van der Waals surface area (Å²) >= 11 is 6.10. The molecule has 0 amide bonds. The molecule has 2 heterocycles. The van der Waals surface area contributed by atoms with Crippen molar-refractivity contribution in [1.82, 2.24) is 14.8 Å². The Kier molecular flexibility index (Phi) is 5.30. The smallest absolute Gasteiger partial charge is 0.433 e. The second-order valence-corrected chi connectivity index (χ2v) is 7.58. The first kappa shape index (κ1) is 21.4. The van der Waals surface area contributed by atoms with Gasteiger partial charge in [0.25, 0.3) is 0 Å². The van der Waals surface area contributed by atoms with Gasteiger partial charge in [-0.3, -0.25) is 4.68 Å². The van der Waals surface area contributed by atoms with Crippen molar-refractivity contribution in [3.05, 3.63) is 52.7 Å². The summed E-state index contributed by atoms with van der Waals surface area (Å²) in [6.45, 7) is 0. The molecular weight excluding hydrogens is 442 g/mol. The lowest BCUT2D eigenvalue weighted by molar-refractivity contribution is -0.146. The van der Waals surface area contributed by atoms with E-state index >= 15 is 0 Å². The molecule has 164 valence electrons. The molecule has 0 unspecified atom stereocenters. The molecule has 6 nitrogen and oxygen atoms in total. The van der Waals surface area contributed by atoms with Crippen molar-refractivity contribution in [2.24, 2.45) is 0 Å². The van der Waals surface area contributed by atoms with Crippen LogP contribution in [0.2, 0.25) is 5.02 Å². The van der Waals surface area contributed by atoms with E-state index in [0.717, 1.165) is 24.1 Å². The molecule has 0 bridgehead atoms. The number of aromatic amines is 1. The zero-order valence-corrected chi connectivity index (χ0v) is 16.8. The van der Waals surface area contributed by atoms with E-state index in [-0.39, 0.29) is 40.2 Å². The number of carbonyl (C=O) groups excluding carboxylic acids is 1. The average Bonchev–Trinajstić information content (AvgIpc) is 3.28. The molecule has 31 heavy (non-hydrogen) atoms. The van der Waals surface area contributed by atoms with Crippen LogP contribution in [-0.2, 0) is 10.9 Å². The highest BCUT2D eigenvalue weighted by atomic mass is 35.5. The Morgan fingerprint density at radius 3 is 2.61 bits per heavy atom. The highest BCUT2D eigenvalue weighted by Gasteiger charge is 2.43. The Morgan fingerprint density at radius 1 is 1.32 bits per heavy atom. The fraction of sp³-hybridized carbons (Fsp3) is 0.300. The summed E-state index contributed by atoms with van der Waals surface area (Å²) in [6.07, 6.45) is -3.04. The molecule has 2 aromatic heterocycles. The number of halogens is 5. The van der Waals surface area contributed by atoms with Crippen LogP contribution in [0.15, 0.2) is 30.6 Å². The number of alkyl halides is 3. The molecule has 1 aromatic carbocycles. The molecule has 1 saturated carbocycles. The first-order valence-corrected chi connectivity index (χ1v) is 9.58. The van der Waals surface area contributed by atoms with Crippen LogP contribution in [0.25, 0.3) is 22.4 Å². The predicted octanol–water partition coefficient (Wildman–Crippen LogP) is 4.84. The Balaban J connectivity index is 1.94. The zero-order chi connectivity index (χ0) is 22.5. The van der Waals surface area contributed by atoms with Gasteiger partial charge in [0.15, 0.2) is 5.69 Å². The number of hydrogen-bond donors (Lipinski definition) is 2. The number of rotatable bonds is 4. The molecule has 0 spiro atoms. The second kappa shape index (κ2) is 7.69.